The average molecular weight is 229 g/mol. The van der Waals surface area contributed by atoms with E-state index in [0.29, 0.717) is 10.9 Å². The first-order valence-electron chi connectivity index (χ1n) is 4.33. The summed E-state index contributed by atoms with van der Waals surface area (Å²) in [6.07, 6.45) is -4.73. The summed E-state index contributed by atoms with van der Waals surface area (Å²) in [7, 11) is 0. The number of alkyl halides is 3. The van der Waals surface area contributed by atoms with Crippen molar-refractivity contribution in [1.82, 2.24) is 4.98 Å². The molecule has 1 N–H and O–H groups in total. The molecule has 0 amide bonds. The molecule has 0 spiro atoms. The van der Waals surface area contributed by atoms with E-state index in [1.165, 1.54) is 24.3 Å². The van der Waals surface area contributed by atoms with E-state index in [2.05, 4.69) is 9.72 Å². The second-order valence-electron chi connectivity index (χ2n) is 3.12. The first-order valence-corrected chi connectivity index (χ1v) is 4.33. The maximum Gasteiger partial charge on any atom is 0.573 e. The van der Waals surface area contributed by atoms with Gasteiger partial charge < -0.3 is 9.72 Å². The van der Waals surface area contributed by atoms with Gasteiger partial charge in [-0.3, -0.25) is 4.79 Å². The molecule has 16 heavy (non-hydrogen) atoms. The van der Waals surface area contributed by atoms with Gasteiger partial charge in [0.15, 0.2) is 0 Å². The van der Waals surface area contributed by atoms with Gasteiger partial charge in [-0.15, -0.1) is 13.2 Å². The molecule has 84 valence electrons. The number of ether oxygens (including phenoxy) is 1. The lowest BCUT2D eigenvalue weighted by Crippen LogP contribution is -2.17. The molecule has 0 unspecified atom stereocenters. The number of aromatic amines is 1. The Kier molecular flexibility index (Phi) is 2.34. The Morgan fingerprint density at radius 2 is 1.81 bits per heavy atom. The van der Waals surface area contributed by atoms with Crippen LogP contribution in [0.3, 0.4) is 0 Å². The summed E-state index contributed by atoms with van der Waals surface area (Å²) in [5, 5.41) is 0.633. The normalized spacial score (nSPS) is 11.7. The van der Waals surface area contributed by atoms with Gasteiger partial charge in [0.2, 0.25) is 5.56 Å². The third-order valence-electron chi connectivity index (χ3n) is 1.93. The number of aromatic nitrogens is 1. The van der Waals surface area contributed by atoms with E-state index in [4.69, 9.17) is 0 Å². The van der Waals surface area contributed by atoms with Gasteiger partial charge in [0, 0.05) is 12.1 Å². The zero-order valence-electron chi connectivity index (χ0n) is 7.84. The first-order chi connectivity index (χ1) is 7.44. The molecule has 0 fully saturated rings. The van der Waals surface area contributed by atoms with Crippen molar-refractivity contribution in [1.29, 1.82) is 0 Å². The van der Waals surface area contributed by atoms with Crippen LogP contribution in [0, 0.1) is 0 Å². The van der Waals surface area contributed by atoms with Gasteiger partial charge in [-0.25, -0.2) is 0 Å². The molecule has 0 saturated carbocycles. The van der Waals surface area contributed by atoms with Gasteiger partial charge in [0.1, 0.15) is 5.75 Å². The predicted molar refractivity (Wildman–Crippen MR) is 51.3 cm³/mol. The number of halogens is 3. The van der Waals surface area contributed by atoms with E-state index >= 15 is 0 Å². The van der Waals surface area contributed by atoms with Crippen molar-refractivity contribution in [3.05, 3.63) is 40.7 Å². The van der Waals surface area contributed by atoms with E-state index in [1.54, 1.807) is 0 Å². The standard InChI is InChI=1S/C10H6F3NO2/c11-10(12,13)16-7-3-1-6-2-4-9(15)14-8(6)5-7/h1-5H,(H,14,15). The van der Waals surface area contributed by atoms with Crippen LogP contribution in [0.25, 0.3) is 10.9 Å². The van der Waals surface area contributed by atoms with Crippen molar-refractivity contribution in [2.75, 3.05) is 0 Å². The van der Waals surface area contributed by atoms with Crippen LogP contribution in [0.5, 0.6) is 5.75 Å². The molecule has 1 aromatic carbocycles. The highest BCUT2D eigenvalue weighted by molar-refractivity contribution is 5.79. The molecule has 0 bridgehead atoms. The van der Waals surface area contributed by atoms with Crippen LogP contribution >= 0.6 is 0 Å². The smallest absolute Gasteiger partial charge is 0.406 e. The Labute approximate surface area is 87.5 Å². The van der Waals surface area contributed by atoms with Crippen LogP contribution in [0.1, 0.15) is 0 Å². The second-order valence-corrected chi connectivity index (χ2v) is 3.12. The zero-order valence-corrected chi connectivity index (χ0v) is 7.84. The topological polar surface area (TPSA) is 42.1 Å². The van der Waals surface area contributed by atoms with E-state index in [1.807, 2.05) is 0 Å². The van der Waals surface area contributed by atoms with E-state index in [-0.39, 0.29) is 11.3 Å². The highest BCUT2D eigenvalue weighted by Crippen LogP contribution is 2.24. The maximum atomic E-state index is 11.9. The number of nitrogens with one attached hydrogen (secondary N) is 1. The summed E-state index contributed by atoms with van der Waals surface area (Å²) < 4.78 is 39.5. The van der Waals surface area contributed by atoms with Gasteiger partial charge in [0.25, 0.3) is 0 Å². The van der Waals surface area contributed by atoms with Gasteiger partial charge in [-0.1, -0.05) is 0 Å². The number of hydrogen-bond donors (Lipinski definition) is 1. The number of fused-ring (bicyclic) bond motifs is 1. The fourth-order valence-corrected chi connectivity index (χ4v) is 1.33. The third-order valence-corrected chi connectivity index (χ3v) is 1.93. The van der Waals surface area contributed by atoms with Crippen molar-refractivity contribution < 1.29 is 17.9 Å². The van der Waals surface area contributed by atoms with Crippen LogP contribution < -0.4 is 10.3 Å². The lowest BCUT2D eigenvalue weighted by Gasteiger charge is -2.08. The van der Waals surface area contributed by atoms with Gasteiger partial charge in [-0.05, 0) is 23.6 Å². The van der Waals surface area contributed by atoms with E-state index < -0.39 is 6.36 Å². The number of rotatable bonds is 1. The minimum atomic E-state index is -4.73. The lowest BCUT2D eigenvalue weighted by molar-refractivity contribution is -0.274. The van der Waals surface area contributed by atoms with Crippen molar-refractivity contribution in [2.45, 2.75) is 6.36 Å². The van der Waals surface area contributed by atoms with Crippen molar-refractivity contribution in [2.24, 2.45) is 0 Å². The summed E-state index contributed by atoms with van der Waals surface area (Å²) in [5.41, 5.74) is -0.0779. The van der Waals surface area contributed by atoms with Crippen LogP contribution in [0.4, 0.5) is 13.2 Å². The Bertz CT molecular complexity index is 574. The molecule has 0 saturated heterocycles. The van der Waals surface area contributed by atoms with Crippen LogP contribution in [-0.4, -0.2) is 11.3 Å². The molecule has 1 aromatic heterocycles. The highest BCUT2D eigenvalue weighted by atomic mass is 19.4. The Morgan fingerprint density at radius 3 is 2.50 bits per heavy atom. The van der Waals surface area contributed by atoms with Crippen molar-refractivity contribution >= 4 is 10.9 Å². The van der Waals surface area contributed by atoms with Gasteiger partial charge in [0.05, 0.1) is 5.52 Å². The highest BCUT2D eigenvalue weighted by Gasteiger charge is 2.31. The molecule has 0 aliphatic carbocycles. The average Bonchev–Trinajstić information content (AvgIpc) is 2.14. The number of pyridine rings is 1. The summed E-state index contributed by atoms with van der Waals surface area (Å²) in [6.45, 7) is 0. The molecule has 2 aromatic rings. The monoisotopic (exact) mass is 229 g/mol. The lowest BCUT2D eigenvalue weighted by atomic mass is 10.2. The molecule has 1 heterocycles. The van der Waals surface area contributed by atoms with E-state index in [9.17, 15) is 18.0 Å². The molecule has 0 aliphatic rings. The molecular formula is C10H6F3NO2. The van der Waals surface area contributed by atoms with E-state index in [0.717, 1.165) is 6.07 Å². The minimum absolute atomic E-state index is 0.300. The summed E-state index contributed by atoms with van der Waals surface area (Å²) in [4.78, 5) is 13.4. The summed E-state index contributed by atoms with van der Waals surface area (Å²) in [5.74, 6) is -0.359. The fraction of sp³-hybridized carbons (Fsp3) is 0.100. The second kappa shape index (κ2) is 3.55. The Hall–Kier alpha value is -1.98. The summed E-state index contributed by atoms with van der Waals surface area (Å²) in [6, 6.07) is 6.57. The fourth-order valence-electron chi connectivity index (χ4n) is 1.33. The van der Waals surface area contributed by atoms with Crippen molar-refractivity contribution in [3.63, 3.8) is 0 Å². The number of hydrogen-bond acceptors (Lipinski definition) is 2. The molecule has 0 aliphatic heterocycles. The third kappa shape index (κ3) is 2.33. The molecule has 6 heteroatoms. The first kappa shape index (κ1) is 10.5. The van der Waals surface area contributed by atoms with Gasteiger partial charge >= 0.3 is 6.36 Å². The van der Waals surface area contributed by atoms with Crippen LogP contribution in [0.2, 0.25) is 0 Å². The molecule has 2 rings (SSSR count). The number of H-pyrrole nitrogens is 1. The summed E-state index contributed by atoms with van der Waals surface area (Å²) >= 11 is 0. The number of benzene rings is 1. The Balaban J connectivity index is 2.47. The minimum Gasteiger partial charge on any atom is -0.406 e. The van der Waals surface area contributed by atoms with Crippen LogP contribution in [-0.2, 0) is 0 Å². The van der Waals surface area contributed by atoms with Crippen LogP contribution in [0.15, 0.2) is 35.1 Å². The predicted octanol–water partition coefficient (Wildman–Crippen LogP) is 2.43. The zero-order chi connectivity index (χ0) is 11.8. The molecule has 0 radical (unpaired) electrons. The SMILES string of the molecule is O=c1ccc2ccc(OC(F)(F)F)cc2[nH]1. The van der Waals surface area contributed by atoms with Gasteiger partial charge in [-0.2, -0.15) is 0 Å². The maximum absolute atomic E-state index is 11.9. The largest absolute Gasteiger partial charge is 0.573 e. The quantitative estimate of drug-likeness (QED) is 0.815. The molecular weight excluding hydrogens is 223 g/mol. The Morgan fingerprint density at radius 1 is 1.12 bits per heavy atom. The van der Waals surface area contributed by atoms with Crippen molar-refractivity contribution in [3.8, 4) is 5.75 Å². The molecule has 0 atom stereocenters. The molecule has 3 nitrogen and oxygen atoms in total.